The van der Waals surface area contributed by atoms with Crippen LogP contribution in [0.2, 0.25) is 0 Å². The van der Waals surface area contributed by atoms with Crippen molar-refractivity contribution in [3.8, 4) is 0 Å². The summed E-state index contributed by atoms with van der Waals surface area (Å²) in [5, 5.41) is 32.8. The van der Waals surface area contributed by atoms with Crippen molar-refractivity contribution in [2.45, 2.75) is 37.3 Å². The van der Waals surface area contributed by atoms with Crippen LogP contribution in [0.1, 0.15) is 25.0 Å². The Morgan fingerprint density at radius 1 is 1.00 bits per heavy atom. The smallest absolute Gasteiger partial charge is 0.407 e. The highest BCUT2D eigenvalue weighted by atomic mass is 32.2. The van der Waals surface area contributed by atoms with Gasteiger partial charge in [0.15, 0.2) is 0 Å². The van der Waals surface area contributed by atoms with Crippen molar-refractivity contribution in [3.05, 3.63) is 65.7 Å². The molecule has 0 aliphatic carbocycles. The minimum atomic E-state index is -4.11. The van der Waals surface area contributed by atoms with Gasteiger partial charge in [-0.3, -0.25) is 0 Å². The number of aliphatic hydroxyl groups excluding tert-OH is 1. The predicted molar refractivity (Wildman–Crippen MR) is 144 cm³/mol. The van der Waals surface area contributed by atoms with Crippen LogP contribution in [-0.4, -0.2) is 97.6 Å². The van der Waals surface area contributed by atoms with Crippen LogP contribution in [0.25, 0.3) is 0 Å². The van der Waals surface area contributed by atoms with Crippen molar-refractivity contribution in [2.75, 3.05) is 31.6 Å². The molecule has 0 unspecified atom stereocenters. The van der Waals surface area contributed by atoms with E-state index in [1.165, 1.54) is 24.3 Å². The molecule has 11 nitrogen and oxygen atoms in total. The van der Waals surface area contributed by atoms with Gasteiger partial charge in [-0.15, -0.1) is 0 Å². The molecule has 0 heterocycles. The minimum Gasteiger partial charge on any atom is -0.465 e. The zero-order chi connectivity index (χ0) is 28.5. The molecule has 0 aliphatic rings. The molecule has 2 rings (SSSR count). The summed E-state index contributed by atoms with van der Waals surface area (Å²) in [5.41, 5.74) is 1.18. The first kappa shape index (κ1) is 31.2. The quantitative estimate of drug-likeness (QED) is 0.177. The van der Waals surface area contributed by atoms with E-state index >= 15 is 0 Å². The van der Waals surface area contributed by atoms with Gasteiger partial charge in [-0.25, -0.2) is 21.6 Å². The number of sulfonamides is 1. The highest BCUT2D eigenvalue weighted by Gasteiger charge is 2.35. The average Bonchev–Trinajstić information content (AvgIpc) is 2.83. The molecule has 2 aromatic rings. The summed E-state index contributed by atoms with van der Waals surface area (Å²) in [4.78, 5) is 13.0. The molecule has 0 radical (unpaired) electrons. The lowest BCUT2D eigenvalue weighted by atomic mass is 9.99. The van der Waals surface area contributed by atoms with Gasteiger partial charge in [0.05, 0.1) is 29.0 Å². The molecule has 13 heteroatoms. The Hall–Kier alpha value is -3.00. The molecule has 0 spiro atoms. The number of amides is 1. The van der Waals surface area contributed by atoms with E-state index in [9.17, 15) is 31.8 Å². The number of benzene rings is 2. The maximum atomic E-state index is 13.5. The van der Waals surface area contributed by atoms with Gasteiger partial charge >= 0.3 is 6.09 Å². The standard InChI is InChI=1S/C25H35N3O8S2/c1-19(2)17-27(38(35,36)22-11-9-21(10-12-22)16-26-32)18-24(29)23(15-20-7-5-4-6-8-20)28(25(30)31)13-14-37(3,33)34/h4-12,16,19,23-24,29,32H,13-15,17-18H2,1-3H3,(H,30,31)/t23-,24-/m0/s1. The average molecular weight is 570 g/mol. The summed E-state index contributed by atoms with van der Waals surface area (Å²) in [7, 11) is -7.61. The molecule has 2 aromatic carbocycles. The van der Waals surface area contributed by atoms with Crippen molar-refractivity contribution in [3.63, 3.8) is 0 Å². The van der Waals surface area contributed by atoms with Gasteiger partial charge in [-0.2, -0.15) is 4.31 Å². The lowest BCUT2D eigenvalue weighted by Gasteiger charge is -2.35. The third kappa shape index (κ3) is 9.39. The number of nitrogens with zero attached hydrogens (tertiary/aromatic N) is 3. The van der Waals surface area contributed by atoms with E-state index < -0.39 is 50.4 Å². The van der Waals surface area contributed by atoms with E-state index in [0.717, 1.165) is 21.7 Å². The van der Waals surface area contributed by atoms with Crippen LogP contribution in [0, 0.1) is 5.92 Å². The van der Waals surface area contributed by atoms with Crippen LogP contribution in [0.15, 0.2) is 64.6 Å². The topological polar surface area (TPSA) is 165 Å². The van der Waals surface area contributed by atoms with Gasteiger partial charge in [0, 0.05) is 25.9 Å². The van der Waals surface area contributed by atoms with Gasteiger partial charge in [0.1, 0.15) is 9.84 Å². The lowest BCUT2D eigenvalue weighted by molar-refractivity contribution is 0.0395. The Morgan fingerprint density at radius 3 is 2.11 bits per heavy atom. The van der Waals surface area contributed by atoms with E-state index in [1.807, 2.05) is 13.8 Å². The third-order valence-corrected chi connectivity index (χ3v) is 8.54. The number of rotatable bonds is 14. The summed E-state index contributed by atoms with van der Waals surface area (Å²) in [6.07, 6.45) is -0.710. The Kier molecular flexibility index (Phi) is 11.2. The number of hydrogen-bond acceptors (Lipinski definition) is 8. The minimum absolute atomic E-state index is 0.0445. The third-order valence-electron chi connectivity index (χ3n) is 5.76. The molecule has 38 heavy (non-hydrogen) atoms. The van der Waals surface area contributed by atoms with Crippen LogP contribution >= 0.6 is 0 Å². The summed E-state index contributed by atoms with van der Waals surface area (Å²) in [6, 6.07) is 13.3. The Morgan fingerprint density at radius 2 is 1.61 bits per heavy atom. The van der Waals surface area contributed by atoms with Crippen LogP contribution in [0.3, 0.4) is 0 Å². The summed E-state index contributed by atoms with van der Waals surface area (Å²) in [6.45, 7) is 2.88. The van der Waals surface area contributed by atoms with Crippen LogP contribution in [0.4, 0.5) is 4.79 Å². The molecule has 0 saturated heterocycles. The van der Waals surface area contributed by atoms with Crippen molar-refractivity contribution in [1.29, 1.82) is 0 Å². The molecule has 0 aromatic heterocycles. The van der Waals surface area contributed by atoms with Crippen LogP contribution in [0.5, 0.6) is 0 Å². The maximum absolute atomic E-state index is 13.5. The van der Waals surface area contributed by atoms with Crippen molar-refractivity contribution in [2.24, 2.45) is 11.1 Å². The molecule has 0 fully saturated rings. The van der Waals surface area contributed by atoms with E-state index in [1.54, 1.807) is 30.3 Å². The molecule has 0 aliphatic heterocycles. The largest absolute Gasteiger partial charge is 0.465 e. The van der Waals surface area contributed by atoms with Gasteiger partial charge in [0.2, 0.25) is 10.0 Å². The molecule has 210 valence electrons. The second kappa shape index (κ2) is 13.7. The monoisotopic (exact) mass is 569 g/mol. The fraction of sp³-hybridized carbons (Fsp3) is 0.440. The van der Waals surface area contributed by atoms with E-state index in [2.05, 4.69) is 5.16 Å². The first-order valence-electron chi connectivity index (χ1n) is 11.9. The SMILES string of the molecule is CC(C)CN(C[C@H](O)[C@H](Cc1ccccc1)N(CCS(C)(=O)=O)C(=O)O)S(=O)(=O)c1ccc(C=NO)cc1. The zero-order valence-electron chi connectivity index (χ0n) is 21.6. The number of sulfone groups is 1. The van der Waals surface area contributed by atoms with Crippen molar-refractivity contribution in [1.82, 2.24) is 9.21 Å². The van der Waals surface area contributed by atoms with Gasteiger partial charge in [-0.05, 0) is 35.6 Å². The number of carboxylic acid groups (broad SMARTS) is 1. The fourth-order valence-corrected chi connectivity index (χ4v) is 6.08. The molecule has 3 N–H and O–H groups in total. The maximum Gasteiger partial charge on any atom is 0.407 e. The summed E-state index contributed by atoms with van der Waals surface area (Å²) >= 11 is 0. The normalized spacial score (nSPS) is 14.2. The highest BCUT2D eigenvalue weighted by Crippen LogP contribution is 2.21. The van der Waals surface area contributed by atoms with Crippen LogP contribution in [-0.2, 0) is 26.3 Å². The van der Waals surface area contributed by atoms with Crippen LogP contribution < -0.4 is 0 Å². The second-order valence-corrected chi connectivity index (χ2v) is 13.7. The van der Waals surface area contributed by atoms with Crippen molar-refractivity contribution >= 4 is 32.2 Å². The number of aliphatic hydroxyl groups is 1. The van der Waals surface area contributed by atoms with E-state index in [-0.39, 0.29) is 30.3 Å². The number of carbonyl (C=O) groups is 1. The molecular formula is C25H35N3O8S2. The van der Waals surface area contributed by atoms with E-state index in [0.29, 0.717) is 11.1 Å². The molecule has 2 atom stereocenters. The first-order chi connectivity index (χ1) is 17.7. The predicted octanol–water partition coefficient (Wildman–Crippen LogP) is 2.14. The zero-order valence-corrected chi connectivity index (χ0v) is 23.2. The van der Waals surface area contributed by atoms with E-state index in [4.69, 9.17) is 5.21 Å². The second-order valence-electron chi connectivity index (χ2n) is 9.46. The molecule has 1 amide bonds. The first-order valence-corrected chi connectivity index (χ1v) is 15.4. The molecule has 0 bridgehead atoms. The number of hydrogen-bond donors (Lipinski definition) is 3. The van der Waals surface area contributed by atoms with Gasteiger partial charge in [-0.1, -0.05) is 61.5 Å². The number of oxime groups is 1. The summed E-state index contributed by atoms with van der Waals surface area (Å²) in [5.74, 6) is -0.569. The Labute approximate surface area is 224 Å². The fourth-order valence-electron chi connectivity index (χ4n) is 3.93. The molecule has 0 saturated carbocycles. The Bertz CT molecular complexity index is 1280. The van der Waals surface area contributed by atoms with Gasteiger partial charge < -0.3 is 20.3 Å². The Balaban J connectivity index is 2.44. The summed E-state index contributed by atoms with van der Waals surface area (Å²) < 4.78 is 51.7. The highest BCUT2D eigenvalue weighted by molar-refractivity contribution is 7.90. The lowest BCUT2D eigenvalue weighted by Crippen LogP contribution is -2.53. The van der Waals surface area contributed by atoms with Crippen molar-refractivity contribution < 1.29 is 37.1 Å². The van der Waals surface area contributed by atoms with Gasteiger partial charge in [0.25, 0.3) is 0 Å². The molecular weight excluding hydrogens is 534 g/mol.